The molecule has 2 rings (SSSR count). The summed E-state index contributed by atoms with van der Waals surface area (Å²) in [6.45, 7) is 0.0767. The third kappa shape index (κ3) is 1.91. The summed E-state index contributed by atoms with van der Waals surface area (Å²) in [4.78, 5) is 16.0. The maximum Gasteiger partial charge on any atom is 0.261 e. The van der Waals surface area contributed by atoms with E-state index in [-0.39, 0.29) is 18.7 Å². The van der Waals surface area contributed by atoms with E-state index in [1.165, 1.54) is 23.0 Å². The number of nitrogens with zero attached hydrogens (tertiary/aromatic N) is 2. The van der Waals surface area contributed by atoms with Gasteiger partial charge in [-0.25, -0.2) is 4.98 Å². The second-order valence-corrected chi connectivity index (χ2v) is 4.09. The number of hydrogen-bond acceptors (Lipinski definition) is 3. The fourth-order valence-electron chi connectivity index (χ4n) is 1.46. The van der Waals surface area contributed by atoms with Crippen molar-refractivity contribution < 1.29 is 5.11 Å². The van der Waals surface area contributed by atoms with Crippen molar-refractivity contribution in [1.29, 1.82) is 0 Å². The second-order valence-electron chi connectivity index (χ2n) is 3.25. The molecule has 4 nitrogen and oxygen atoms in total. The van der Waals surface area contributed by atoms with Gasteiger partial charge in [0.2, 0.25) is 0 Å². The second kappa shape index (κ2) is 4.41. The van der Waals surface area contributed by atoms with E-state index in [4.69, 9.17) is 28.3 Å². The van der Waals surface area contributed by atoms with Crippen LogP contribution in [0.4, 0.5) is 0 Å². The molecule has 0 spiro atoms. The summed E-state index contributed by atoms with van der Waals surface area (Å²) >= 11 is 11.7. The van der Waals surface area contributed by atoms with Crippen LogP contribution in [0.5, 0.6) is 0 Å². The van der Waals surface area contributed by atoms with Crippen LogP contribution in [0.2, 0.25) is 10.0 Å². The van der Waals surface area contributed by atoms with Crippen molar-refractivity contribution in [2.24, 2.45) is 0 Å². The Bertz CT molecular complexity index is 595. The standard InChI is InChI=1S/C10H8Cl2N2O2/c11-6-3-7-9(8(12)4-6)13-5-14(1-2-15)10(7)16/h3-5,15H,1-2H2. The molecule has 0 aliphatic rings. The summed E-state index contributed by atoms with van der Waals surface area (Å²) in [5.41, 5.74) is 0.161. The lowest BCUT2D eigenvalue weighted by Gasteiger charge is -2.05. The van der Waals surface area contributed by atoms with E-state index in [0.717, 1.165) is 0 Å². The number of aliphatic hydroxyl groups excluding tert-OH is 1. The maximum absolute atomic E-state index is 11.9. The van der Waals surface area contributed by atoms with Gasteiger partial charge in [0, 0.05) is 5.02 Å². The quantitative estimate of drug-likeness (QED) is 0.892. The zero-order valence-corrected chi connectivity index (χ0v) is 9.66. The molecule has 0 radical (unpaired) electrons. The molecule has 0 aliphatic heterocycles. The Morgan fingerprint density at radius 1 is 1.38 bits per heavy atom. The van der Waals surface area contributed by atoms with Crippen LogP contribution in [0.15, 0.2) is 23.3 Å². The number of fused-ring (bicyclic) bond motifs is 1. The third-order valence-electron chi connectivity index (χ3n) is 2.19. The van der Waals surface area contributed by atoms with Crippen molar-refractivity contribution in [2.45, 2.75) is 6.54 Å². The largest absolute Gasteiger partial charge is 0.395 e. The summed E-state index contributed by atoms with van der Waals surface area (Å²) < 4.78 is 1.31. The summed E-state index contributed by atoms with van der Waals surface area (Å²) in [6, 6.07) is 3.06. The molecule has 1 aromatic carbocycles. The molecule has 16 heavy (non-hydrogen) atoms. The smallest absolute Gasteiger partial charge is 0.261 e. The third-order valence-corrected chi connectivity index (χ3v) is 2.69. The minimum atomic E-state index is -0.261. The highest BCUT2D eigenvalue weighted by Crippen LogP contribution is 2.23. The van der Waals surface area contributed by atoms with Gasteiger partial charge >= 0.3 is 0 Å². The van der Waals surface area contributed by atoms with Gasteiger partial charge in [0.1, 0.15) is 0 Å². The molecule has 0 bridgehead atoms. The van der Waals surface area contributed by atoms with Crippen molar-refractivity contribution in [3.63, 3.8) is 0 Å². The molecule has 0 saturated carbocycles. The molecule has 1 heterocycles. The number of benzene rings is 1. The fraction of sp³-hybridized carbons (Fsp3) is 0.200. The van der Waals surface area contributed by atoms with Gasteiger partial charge < -0.3 is 5.11 Å². The summed E-state index contributed by atoms with van der Waals surface area (Å²) in [6.07, 6.45) is 1.36. The molecule has 2 aromatic rings. The lowest BCUT2D eigenvalue weighted by molar-refractivity contribution is 0.274. The average molecular weight is 259 g/mol. The van der Waals surface area contributed by atoms with Gasteiger partial charge in [0.05, 0.1) is 35.4 Å². The van der Waals surface area contributed by atoms with Crippen molar-refractivity contribution in [1.82, 2.24) is 9.55 Å². The summed E-state index contributed by atoms with van der Waals surface area (Å²) in [7, 11) is 0. The van der Waals surface area contributed by atoms with Crippen LogP contribution >= 0.6 is 23.2 Å². The molecule has 0 unspecified atom stereocenters. The van der Waals surface area contributed by atoms with Crippen LogP contribution in [-0.2, 0) is 6.54 Å². The Hall–Kier alpha value is -1.10. The molecular weight excluding hydrogens is 251 g/mol. The first-order chi connectivity index (χ1) is 7.63. The van der Waals surface area contributed by atoms with Crippen molar-refractivity contribution >= 4 is 34.1 Å². The molecule has 0 saturated heterocycles. The zero-order valence-electron chi connectivity index (χ0n) is 8.15. The van der Waals surface area contributed by atoms with E-state index in [1.807, 2.05) is 0 Å². The van der Waals surface area contributed by atoms with Crippen molar-refractivity contribution in [3.8, 4) is 0 Å². The van der Waals surface area contributed by atoms with Crippen LogP contribution in [0, 0.1) is 0 Å². The van der Waals surface area contributed by atoms with E-state index in [0.29, 0.717) is 20.9 Å². The van der Waals surface area contributed by atoms with Crippen LogP contribution in [-0.4, -0.2) is 21.3 Å². The number of rotatable bonds is 2. The predicted octanol–water partition coefficient (Wildman–Crippen LogP) is 1.70. The van der Waals surface area contributed by atoms with Gasteiger partial charge in [-0.2, -0.15) is 0 Å². The highest BCUT2D eigenvalue weighted by Gasteiger charge is 2.08. The molecular formula is C10H8Cl2N2O2. The number of aliphatic hydroxyl groups is 1. The van der Waals surface area contributed by atoms with Gasteiger partial charge in [0.25, 0.3) is 5.56 Å². The molecule has 6 heteroatoms. The van der Waals surface area contributed by atoms with E-state index >= 15 is 0 Å². The van der Waals surface area contributed by atoms with Crippen LogP contribution < -0.4 is 5.56 Å². The minimum Gasteiger partial charge on any atom is -0.395 e. The topological polar surface area (TPSA) is 55.1 Å². The van der Waals surface area contributed by atoms with Gasteiger partial charge in [0.15, 0.2) is 0 Å². The number of hydrogen-bond donors (Lipinski definition) is 1. The van der Waals surface area contributed by atoms with Crippen LogP contribution in [0.25, 0.3) is 10.9 Å². The molecule has 84 valence electrons. The maximum atomic E-state index is 11.9. The number of aromatic nitrogens is 2. The lowest BCUT2D eigenvalue weighted by Crippen LogP contribution is -2.22. The zero-order chi connectivity index (χ0) is 11.7. The first kappa shape index (κ1) is 11.4. The van der Waals surface area contributed by atoms with Crippen LogP contribution in [0.1, 0.15) is 0 Å². The highest BCUT2D eigenvalue weighted by molar-refractivity contribution is 6.38. The van der Waals surface area contributed by atoms with Gasteiger partial charge in [-0.05, 0) is 12.1 Å². The molecule has 0 amide bonds. The number of halogens is 2. The molecule has 0 atom stereocenters. The van der Waals surface area contributed by atoms with Gasteiger partial charge in [-0.1, -0.05) is 23.2 Å². The first-order valence-corrected chi connectivity index (χ1v) is 5.34. The van der Waals surface area contributed by atoms with Gasteiger partial charge in [-0.3, -0.25) is 9.36 Å². The Morgan fingerprint density at radius 2 is 2.12 bits per heavy atom. The lowest BCUT2D eigenvalue weighted by atomic mass is 10.2. The fourth-order valence-corrected chi connectivity index (χ4v) is 2.00. The average Bonchev–Trinajstić information content (AvgIpc) is 2.23. The monoisotopic (exact) mass is 258 g/mol. The molecule has 1 aromatic heterocycles. The van der Waals surface area contributed by atoms with E-state index in [1.54, 1.807) is 0 Å². The Morgan fingerprint density at radius 3 is 2.81 bits per heavy atom. The normalized spacial score (nSPS) is 10.9. The Kier molecular flexibility index (Phi) is 3.14. The highest BCUT2D eigenvalue weighted by atomic mass is 35.5. The molecule has 1 N–H and O–H groups in total. The van der Waals surface area contributed by atoms with Crippen molar-refractivity contribution in [3.05, 3.63) is 38.9 Å². The summed E-state index contributed by atoms with van der Waals surface area (Å²) in [5, 5.41) is 9.87. The van der Waals surface area contributed by atoms with E-state index in [9.17, 15) is 4.79 Å². The Labute approximate surface area is 101 Å². The minimum absolute atomic E-state index is 0.124. The van der Waals surface area contributed by atoms with Crippen molar-refractivity contribution in [2.75, 3.05) is 6.61 Å². The predicted molar refractivity (Wildman–Crippen MR) is 63.1 cm³/mol. The SMILES string of the molecule is O=c1c2cc(Cl)cc(Cl)c2ncn1CCO. The van der Waals surface area contributed by atoms with Crippen LogP contribution in [0.3, 0.4) is 0 Å². The Balaban J connectivity index is 2.78. The van der Waals surface area contributed by atoms with Gasteiger partial charge in [-0.15, -0.1) is 0 Å². The molecule has 0 aliphatic carbocycles. The summed E-state index contributed by atoms with van der Waals surface area (Å²) in [5.74, 6) is 0. The molecule has 0 fully saturated rings. The van der Waals surface area contributed by atoms with E-state index in [2.05, 4.69) is 4.98 Å². The first-order valence-electron chi connectivity index (χ1n) is 4.58. The van der Waals surface area contributed by atoms with E-state index < -0.39 is 0 Å².